The van der Waals surface area contributed by atoms with Gasteiger partial charge in [0.1, 0.15) is 12.4 Å². The van der Waals surface area contributed by atoms with Gasteiger partial charge in [-0.05, 0) is 24.3 Å². The molecule has 2 N–H and O–H groups in total. The first-order chi connectivity index (χ1) is 11.2. The van der Waals surface area contributed by atoms with Crippen LogP contribution < -0.4 is 15.4 Å². The normalized spacial score (nSPS) is 11.3. The average Bonchev–Trinajstić information content (AvgIpc) is 3.06. The first kappa shape index (κ1) is 16.8. The summed E-state index contributed by atoms with van der Waals surface area (Å²) in [5, 5.41) is 6.26. The van der Waals surface area contributed by atoms with Gasteiger partial charge < -0.3 is 19.9 Å². The Bertz CT molecular complexity index is 629. The molecule has 2 rings (SSSR count). The topological polar surface area (TPSA) is 50.6 Å². The summed E-state index contributed by atoms with van der Waals surface area (Å²) in [5.74, 6) is -0.854. The molecule has 0 fully saturated rings. The minimum absolute atomic E-state index is 0.293. The zero-order valence-corrected chi connectivity index (χ0v) is 12.9. The number of hydrogen-bond donors (Lipinski definition) is 2. The fourth-order valence-electron chi connectivity index (χ4n) is 1.95. The molecule has 1 aromatic heterocycles. The Kier molecular flexibility index (Phi) is 6.40. The van der Waals surface area contributed by atoms with Gasteiger partial charge in [-0.1, -0.05) is 0 Å². The van der Waals surface area contributed by atoms with Gasteiger partial charge in [0, 0.05) is 38.6 Å². The zero-order chi connectivity index (χ0) is 16.5. The first-order valence-electron chi connectivity index (χ1n) is 7.32. The molecule has 2 aromatic rings. The van der Waals surface area contributed by atoms with Crippen molar-refractivity contribution in [2.24, 2.45) is 4.99 Å². The van der Waals surface area contributed by atoms with Crippen LogP contribution in [0.25, 0.3) is 0 Å². The van der Waals surface area contributed by atoms with E-state index in [9.17, 15) is 8.78 Å². The number of halogens is 2. The van der Waals surface area contributed by atoms with Crippen molar-refractivity contribution in [1.82, 2.24) is 15.2 Å². The second-order valence-corrected chi connectivity index (χ2v) is 4.77. The molecule has 0 spiro atoms. The Balaban J connectivity index is 1.64. The molecule has 0 unspecified atom stereocenters. The number of guanidine groups is 1. The van der Waals surface area contributed by atoms with Crippen LogP contribution >= 0.6 is 0 Å². The van der Waals surface area contributed by atoms with Crippen molar-refractivity contribution < 1.29 is 13.5 Å². The van der Waals surface area contributed by atoms with Gasteiger partial charge in [-0.3, -0.25) is 4.99 Å². The number of rotatable bonds is 7. The van der Waals surface area contributed by atoms with E-state index in [0.717, 1.165) is 25.2 Å². The van der Waals surface area contributed by atoms with Gasteiger partial charge in [0.2, 0.25) is 0 Å². The summed E-state index contributed by atoms with van der Waals surface area (Å²) in [7, 11) is 1.68. The highest BCUT2D eigenvalue weighted by Crippen LogP contribution is 2.14. The molecule has 0 aliphatic heterocycles. The highest BCUT2D eigenvalue weighted by molar-refractivity contribution is 5.79. The van der Waals surface area contributed by atoms with E-state index in [-0.39, 0.29) is 0 Å². The maximum absolute atomic E-state index is 13.0. The SMILES string of the molecule is CN=C(NCCOc1ccc(F)c(F)c1)NCCn1cccc1. The smallest absolute Gasteiger partial charge is 0.191 e. The van der Waals surface area contributed by atoms with Gasteiger partial charge in [-0.15, -0.1) is 0 Å². The lowest BCUT2D eigenvalue weighted by molar-refractivity contribution is 0.318. The minimum atomic E-state index is -0.919. The van der Waals surface area contributed by atoms with Crippen LogP contribution in [0.3, 0.4) is 0 Å². The van der Waals surface area contributed by atoms with Gasteiger partial charge in [-0.25, -0.2) is 8.78 Å². The molecule has 7 heteroatoms. The lowest BCUT2D eigenvalue weighted by Gasteiger charge is -2.13. The quantitative estimate of drug-likeness (QED) is 0.466. The molecule has 124 valence electrons. The maximum atomic E-state index is 13.0. The molecule has 0 saturated carbocycles. The predicted molar refractivity (Wildman–Crippen MR) is 85.6 cm³/mol. The minimum Gasteiger partial charge on any atom is -0.492 e. The second-order valence-electron chi connectivity index (χ2n) is 4.77. The van der Waals surface area contributed by atoms with Gasteiger partial charge in [-0.2, -0.15) is 0 Å². The summed E-state index contributed by atoms with van der Waals surface area (Å²) in [6, 6.07) is 7.41. The molecular weight excluding hydrogens is 302 g/mol. The molecule has 1 aromatic carbocycles. The highest BCUT2D eigenvalue weighted by atomic mass is 19.2. The number of nitrogens with one attached hydrogen (secondary N) is 2. The largest absolute Gasteiger partial charge is 0.492 e. The van der Waals surface area contributed by atoms with Crippen molar-refractivity contribution in [1.29, 1.82) is 0 Å². The van der Waals surface area contributed by atoms with E-state index in [2.05, 4.69) is 20.2 Å². The molecule has 23 heavy (non-hydrogen) atoms. The molecule has 0 aliphatic carbocycles. The Morgan fingerprint density at radius 3 is 2.57 bits per heavy atom. The summed E-state index contributed by atoms with van der Waals surface area (Å²) in [4.78, 5) is 4.10. The van der Waals surface area contributed by atoms with Crippen LogP contribution in [-0.4, -0.2) is 37.3 Å². The van der Waals surface area contributed by atoms with Gasteiger partial charge in [0.15, 0.2) is 17.6 Å². The van der Waals surface area contributed by atoms with Crippen molar-refractivity contribution in [2.45, 2.75) is 6.54 Å². The van der Waals surface area contributed by atoms with Crippen LogP contribution in [0.15, 0.2) is 47.7 Å². The molecule has 0 bridgehead atoms. The van der Waals surface area contributed by atoms with E-state index >= 15 is 0 Å². The fraction of sp³-hybridized carbons (Fsp3) is 0.312. The third-order valence-corrected chi connectivity index (χ3v) is 3.11. The van der Waals surface area contributed by atoms with Crippen LogP contribution in [0.1, 0.15) is 0 Å². The number of nitrogens with zero attached hydrogens (tertiary/aromatic N) is 2. The van der Waals surface area contributed by atoms with Crippen LogP contribution in [0, 0.1) is 11.6 Å². The lowest BCUT2D eigenvalue weighted by atomic mass is 10.3. The number of aromatic nitrogens is 1. The molecule has 0 saturated heterocycles. The molecule has 0 radical (unpaired) electrons. The first-order valence-corrected chi connectivity index (χ1v) is 7.32. The van der Waals surface area contributed by atoms with Crippen LogP contribution in [0.5, 0.6) is 5.75 Å². The predicted octanol–water partition coefficient (Wildman–Crippen LogP) is 2.01. The van der Waals surface area contributed by atoms with E-state index in [1.54, 1.807) is 7.05 Å². The summed E-state index contributed by atoms with van der Waals surface area (Å²) in [5.41, 5.74) is 0. The Morgan fingerprint density at radius 1 is 1.13 bits per heavy atom. The zero-order valence-electron chi connectivity index (χ0n) is 12.9. The van der Waals surface area contributed by atoms with Crippen LogP contribution in [0.4, 0.5) is 8.78 Å². The van der Waals surface area contributed by atoms with E-state index in [4.69, 9.17) is 4.74 Å². The number of hydrogen-bond acceptors (Lipinski definition) is 2. The molecule has 0 amide bonds. The Hall–Kier alpha value is -2.57. The van der Waals surface area contributed by atoms with Gasteiger partial charge >= 0.3 is 0 Å². The van der Waals surface area contributed by atoms with Crippen LogP contribution in [0.2, 0.25) is 0 Å². The standard InChI is InChI=1S/C16H20F2N4O/c1-19-16(20-6-10-22-8-2-3-9-22)21-7-11-23-13-4-5-14(17)15(18)12-13/h2-5,8-9,12H,6-7,10-11H2,1H3,(H2,19,20,21). The Morgan fingerprint density at radius 2 is 1.87 bits per heavy atom. The van der Waals surface area contributed by atoms with E-state index in [1.165, 1.54) is 6.07 Å². The van der Waals surface area contributed by atoms with Crippen molar-refractivity contribution in [3.05, 3.63) is 54.4 Å². The average molecular weight is 322 g/mol. The molecule has 0 aliphatic rings. The maximum Gasteiger partial charge on any atom is 0.191 e. The number of benzene rings is 1. The summed E-state index contributed by atoms with van der Waals surface area (Å²) in [6.45, 7) is 2.36. The molecule has 5 nitrogen and oxygen atoms in total. The van der Waals surface area contributed by atoms with Crippen molar-refractivity contribution >= 4 is 5.96 Å². The molecular formula is C16H20F2N4O. The summed E-state index contributed by atoms with van der Waals surface area (Å²) < 4.78 is 33.2. The lowest BCUT2D eigenvalue weighted by Crippen LogP contribution is -2.40. The fourth-order valence-corrected chi connectivity index (χ4v) is 1.95. The van der Waals surface area contributed by atoms with E-state index in [0.29, 0.717) is 24.9 Å². The summed E-state index contributed by atoms with van der Waals surface area (Å²) >= 11 is 0. The number of aliphatic imine (C=N–C) groups is 1. The molecule has 1 heterocycles. The van der Waals surface area contributed by atoms with Crippen molar-refractivity contribution in [2.75, 3.05) is 26.7 Å². The van der Waals surface area contributed by atoms with Gasteiger partial charge in [0.05, 0.1) is 6.54 Å². The third-order valence-electron chi connectivity index (χ3n) is 3.11. The molecule has 0 atom stereocenters. The summed E-state index contributed by atoms with van der Waals surface area (Å²) in [6.07, 6.45) is 3.99. The Labute approximate surface area is 134 Å². The third kappa shape index (κ3) is 5.61. The number of ether oxygens (including phenoxy) is 1. The van der Waals surface area contributed by atoms with Crippen molar-refractivity contribution in [3.63, 3.8) is 0 Å². The van der Waals surface area contributed by atoms with Crippen molar-refractivity contribution in [3.8, 4) is 5.75 Å². The van der Waals surface area contributed by atoms with E-state index in [1.807, 2.05) is 24.5 Å². The van der Waals surface area contributed by atoms with Gasteiger partial charge in [0.25, 0.3) is 0 Å². The monoisotopic (exact) mass is 322 g/mol. The van der Waals surface area contributed by atoms with E-state index < -0.39 is 11.6 Å². The van der Waals surface area contributed by atoms with Crippen LogP contribution in [-0.2, 0) is 6.54 Å². The highest BCUT2D eigenvalue weighted by Gasteiger charge is 2.03. The second kappa shape index (κ2) is 8.77.